The molecule has 110 valence electrons. The molecule has 2 unspecified atom stereocenters. The summed E-state index contributed by atoms with van der Waals surface area (Å²) in [6, 6.07) is 0. The van der Waals surface area contributed by atoms with E-state index in [1.165, 1.54) is 49.8 Å². The molecule has 5 rings (SSSR count). The van der Waals surface area contributed by atoms with E-state index >= 15 is 0 Å². The van der Waals surface area contributed by atoms with E-state index in [0.29, 0.717) is 16.2 Å². The summed E-state index contributed by atoms with van der Waals surface area (Å²) in [5.74, 6) is 1.76. The predicted octanol–water partition coefficient (Wildman–Crippen LogP) is 3.56. The Kier molecular flexibility index (Phi) is 2.18. The summed E-state index contributed by atoms with van der Waals surface area (Å²) >= 11 is 0. The van der Waals surface area contributed by atoms with Crippen molar-refractivity contribution in [3.8, 4) is 0 Å². The highest BCUT2D eigenvalue weighted by Gasteiger charge is 2.61. The predicted molar refractivity (Wildman–Crippen MR) is 81.4 cm³/mol. The highest BCUT2D eigenvalue weighted by Crippen LogP contribution is 2.69. The molecule has 4 fully saturated rings. The Morgan fingerprint density at radius 1 is 1.10 bits per heavy atom. The Bertz CT molecular complexity index is 567. The Morgan fingerprint density at radius 3 is 2.15 bits per heavy atom. The fraction of sp³-hybridized carbons (Fsp3) is 0.824. The van der Waals surface area contributed by atoms with E-state index in [1.807, 2.05) is 11.7 Å². The van der Waals surface area contributed by atoms with Crippen LogP contribution in [0.3, 0.4) is 0 Å². The molecule has 1 aromatic rings. The maximum absolute atomic E-state index is 6.19. The van der Waals surface area contributed by atoms with Gasteiger partial charge in [-0.1, -0.05) is 13.8 Å². The van der Waals surface area contributed by atoms with Gasteiger partial charge in [0.25, 0.3) is 0 Å². The molecule has 3 heteroatoms. The van der Waals surface area contributed by atoms with Crippen LogP contribution in [0.25, 0.3) is 0 Å². The SMILES string of the molecule is Cc1c(C23CC4CC(C)(CC(C)(C4)C2)C3)nn(C)c1N. The Labute approximate surface area is 121 Å². The summed E-state index contributed by atoms with van der Waals surface area (Å²) in [7, 11) is 1.98. The third-order valence-electron chi connectivity index (χ3n) is 6.47. The minimum absolute atomic E-state index is 0.308. The molecule has 0 aliphatic heterocycles. The smallest absolute Gasteiger partial charge is 0.124 e. The van der Waals surface area contributed by atoms with Gasteiger partial charge in [-0.3, -0.25) is 4.68 Å². The number of aryl methyl sites for hydroxylation is 1. The highest BCUT2D eigenvalue weighted by atomic mass is 15.3. The number of nitrogens with two attached hydrogens (primary N) is 1. The van der Waals surface area contributed by atoms with Crippen LogP contribution in [0.15, 0.2) is 0 Å². The molecule has 1 aromatic heterocycles. The van der Waals surface area contributed by atoms with Gasteiger partial charge in [0.05, 0.1) is 5.69 Å². The molecule has 20 heavy (non-hydrogen) atoms. The number of aromatic nitrogens is 2. The van der Waals surface area contributed by atoms with E-state index in [0.717, 1.165) is 11.7 Å². The average Bonchev–Trinajstić information content (AvgIpc) is 2.52. The number of anilines is 1. The molecule has 3 nitrogen and oxygen atoms in total. The van der Waals surface area contributed by atoms with Gasteiger partial charge in [-0.25, -0.2) is 0 Å². The minimum atomic E-state index is 0.308. The molecule has 4 saturated carbocycles. The average molecular weight is 273 g/mol. The fourth-order valence-corrected chi connectivity index (χ4v) is 6.86. The van der Waals surface area contributed by atoms with Crippen molar-refractivity contribution in [1.29, 1.82) is 0 Å². The summed E-state index contributed by atoms with van der Waals surface area (Å²) in [6.45, 7) is 7.21. The molecule has 0 saturated heterocycles. The molecule has 4 aliphatic carbocycles. The van der Waals surface area contributed by atoms with E-state index in [9.17, 15) is 0 Å². The zero-order chi connectivity index (χ0) is 14.3. The van der Waals surface area contributed by atoms with Crippen molar-refractivity contribution < 1.29 is 0 Å². The van der Waals surface area contributed by atoms with Gasteiger partial charge >= 0.3 is 0 Å². The van der Waals surface area contributed by atoms with Crippen molar-refractivity contribution in [3.63, 3.8) is 0 Å². The molecular weight excluding hydrogens is 246 g/mol. The van der Waals surface area contributed by atoms with Gasteiger partial charge in [0, 0.05) is 18.0 Å². The zero-order valence-corrected chi connectivity index (χ0v) is 13.3. The number of nitrogen functional groups attached to an aromatic ring is 1. The van der Waals surface area contributed by atoms with Crippen molar-refractivity contribution in [2.24, 2.45) is 23.8 Å². The topological polar surface area (TPSA) is 43.8 Å². The van der Waals surface area contributed by atoms with Crippen LogP contribution in [-0.4, -0.2) is 9.78 Å². The molecule has 0 aromatic carbocycles. The van der Waals surface area contributed by atoms with E-state index in [-0.39, 0.29) is 0 Å². The van der Waals surface area contributed by atoms with Crippen LogP contribution in [-0.2, 0) is 12.5 Å². The maximum Gasteiger partial charge on any atom is 0.124 e. The van der Waals surface area contributed by atoms with E-state index in [1.54, 1.807) is 0 Å². The quantitative estimate of drug-likeness (QED) is 0.850. The van der Waals surface area contributed by atoms with Crippen molar-refractivity contribution in [3.05, 3.63) is 11.3 Å². The lowest BCUT2D eigenvalue weighted by molar-refractivity contribution is -0.111. The number of rotatable bonds is 1. The molecule has 0 radical (unpaired) electrons. The van der Waals surface area contributed by atoms with Gasteiger partial charge < -0.3 is 5.73 Å². The van der Waals surface area contributed by atoms with Crippen molar-refractivity contribution in [2.75, 3.05) is 5.73 Å². The van der Waals surface area contributed by atoms with Crippen LogP contribution >= 0.6 is 0 Å². The Balaban J connectivity index is 1.86. The highest BCUT2D eigenvalue weighted by molar-refractivity contribution is 5.46. The third-order valence-corrected chi connectivity index (χ3v) is 6.47. The first kappa shape index (κ1) is 12.7. The lowest BCUT2D eigenvalue weighted by Crippen LogP contribution is -2.57. The molecule has 2 N–H and O–H groups in total. The van der Waals surface area contributed by atoms with Crippen molar-refractivity contribution in [1.82, 2.24) is 9.78 Å². The first-order valence-corrected chi connectivity index (χ1v) is 8.04. The van der Waals surface area contributed by atoms with E-state index in [2.05, 4.69) is 20.8 Å². The standard InChI is InChI=1S/C17H27N3/c1-11-13(19-20(4)14(11)18)17-7-12-5-15(2,9-17)8-16(3,6-12)10-17/h12H,5-10,18H2,1-4H3. The van der Waals surface area contributed by atoms with Crippen LogP contribution in [0.2, 0.25) is 0 Å². The van der Waals surface area contributed by atoms with E-state index < -0.39 is 0 Å². The second-order valence-electron chi connectivity index (χ2n) is 8.89. The van der Waals surface area contributed by atoms with Crippen LogP contribution in [0, 0.1) is 23.7 Å². The summed E-state index contributed by atoms with van der Waals surface area (Å²) in [5.41, 5.74) is 10.1. The van der Waals surface area contributed by atoms with Gasteiger partial charge in [0.1, 0.15) is 5.82 Å². The minimum Gasteiger partial charge on any atom is -0.384 e. The van der Waals surface area contributed by atoms with Gasteiger partial charge in [0.2, 0.25) is 0 Å². The van der Waals surface area contributed by atoms with Crippen LogP contribution < -0.4 is 5.73 Å². The fourth-order valence-electron chi connectivity index (χ4n) is 6.86. The van der Waals surface area contributed by atoms with Crippen molar-refractivity contribution >= 4 is 5.82 Å². The number of nitrogens with zero attached hydrogens (tertiary/aromatic N) is 2. The Morgan fingerprint density at radius 2 is 1.70 bits per heavy atom. The van der Waals surface area contributed by atoms with Crippen LogP contribution in [0.4, 0.5) is 5.82 Å². The molecule has 2 atom stereocenters. The molecule has 4 bridgehead atoms. The molecule has 0 spiro atoms. The monoisotopic (exact) mass is 273 g/mol. The zero-order valence-electron chi connectivity index (χ0n) is 13.3. The largest absolute Gasteiger partial charge is 0.384 e. The van der Waals surface area contributed by atoms with Gasteiger partial charge in [-0.2, -0.15) is 5.10 Å². The lowest BCUT2D eigenvalue weighted by atomic mass is 9.39. The molecule has 0 amide bonds. The molecule has 1 heterocycles. The Hall–Kier alpha value is -0.990. The normalized spacial score (nSPS) is 46.1. The summed E-state index contributed by atoms with van der Waals surface area (Å²) in [5, 5.41) is 4.85. The summed E-state index contributed by atoms with van der Waals surface area (Å²) < 4.78 is 1.88. The number of hydrogen-bond donors (Lipinski definition) is 1. The maximum atomic E-state index is 6.19. The lowest BCUT2D eigenvalue weighted by Gasteiger charge is -2.65. The van der Waals surface area contributed by atoms with Crippen molar-refractivity contribution in [2.45, 2.75) is 64.7 Å². The molecular formula is C17H27N3. The van der Waals surface area contributed by atoms with Gasteiger partial charge in [-0.15, -0.1) is 0 Å². The van der Waals surface area contributed by atoms with Crippen LogP contribution in [0.5, 0.6) is 0 Å². The third kappa shape index (κ3) is 1.49. The van der Waals surface area contributed by atoms with E-state index in [4.69, 9.17) is 10.8 Å². The first-order chi connectivity index (χ1) is 9.24. The summed E-state index contributed by atoms with van der Waals surface area (Å²) in [6.07, 6.45) is 8.28. The summed E-state index contributed by atoms with van der Waals surface area (Å²) in [4.78, 5) is 0. The molecule has 4 aliphatic rings. The second-order valence-corrected chi connectivity index (χ2v) is 8.89. The van der Waals surface area contributed by atoms with Crippen LogP contribution in [0.1, 0.15) is 63.6 Å². The first-order valence-electron chi connectivity index (χ1n) is 8.04. The van der Waals surface area contributed by atoms with Gasteiger partial charge in [-0.05, 0) is 62.2 Å². The number of hydrogen-bond acceptors (Lipinski definition) is 2. The second kappa shape index (κ2) is 3.42. The van der Waals surface area contributed by atoms with Gasteiger partial charge in [0.15, 0.2) is 0 Å².